The van der Waals surface area contributed by atoms with Gasteiger partial charge in [-0.3, -0.25) is 4.90 Å². The second-order valence-corrected chi connectivity index (χ2v) is 3.42. The number of alkyl halides is 3. The number of hydrogen-bond acceptors (Lipinski definition) is 2. The van der Waals surface area contributed by atoms with Crippen LogP contribution in [0, 0.1) is 0 Å². The van der Waals surface area contributed by atoms with E-state index in [4.69, 9.17) is 4.74 Å². The van der Waals surface area contributed by atoms with Crippen molar-refractivity contribution in [3.05, 3.63) is 29.8 Å². The van der Waals surface area contributed by atoms with Crippen LogP contribution in [0.5, 0.6) is 0 Å². The molecule has 0 aromatic heterocycles. The molecular weight excluding hydrogens is 249 g/mol. The van der Waals surface area contributed by atoms with Crippen molar-refractivity contribution < 1.29 is 22.7 Å². The van der Waals surface area contributed by atoms with E-state index in [1.165, 1.54) is 32.4 Å². The summed E-state index contributed by atoms with van der Waals surface area (Å²) >= 11 is 0. The maximum Gasteiger partial charge on any atom is 0.418 e. The Morgan fingerprint density at radius 2 is 2.00 bits per heavy atom. The van der Waals surface area contributed by atoms with Crippen LogP contribution >= 0.6 is 0 Å². The van der Waals surface area contributed by atoms with Gasteiger partial charge in [-0.15, -0.1) is 0 Å². The zero-order valence-corrected chi connectivity index (χ0v) is 9.91. The molecule has 1 rings (SSSR count). The summed E-state index contributed by atoms with van der Waals surface area (Å²) < 4.78 is 43.2. The van der Waals surface area contributed by atoms with Gasteiger partial charge in [0.2, 0.25) is 0 Å². The van der Waals surface area contributed by atoms with Crippen LogP contribution in [-0.4, -0.2) is 26.9 Å². The summed E-state index contributed by atoms with van der Waals surface area (Å²) in [6, 6.07) is 4.16. The Morgan fingerprint density at radius 3 is 2.50 bits per heavy atom. The van der Waals surface area contributed by atoms with Crippen LogP contribution in [0.2, 0.25) is 0 Å². The summed E-state index contributed by atoms with van der Waals surface area (Å²) in [5.41, 5.74) is -1.13. The van der Waals surface area contributed by atoms with Gasteiger partial charge in [-0.25, -0.2) is 4.79 Å². The molecule has 0 aliphatic carbocycles. The number of amides is 2. The third kappa shape index (κ3) is 3.13. The number of nitrogens with zero attached hydrogens (tertiary/aromatic N) is 1. The molecule has 100 valence electrons. The summed E-state index contributed by atoms with van der Waals surface area (Å²) in [5, 5.41) is 2.27. The number of benzene rings is 1. The van der Waals surface area contributed by atoms with Crippen molar-refractivity contribution in [1.29, 1.82) is 0 Å². The predicted octanol–water partition coefficient (Wildman–Crippen LogP) is 2.46. The van der Waals surface area contributed by atoms with Gasteiger partial charge < -0.3 is 10.1 Å². The van der Waals surface area contributed by atoms with Crippen molar-refractivity contribution >= 4 is 11.7 Å². The van der Waals surface area contributed by atoms with E-state index in [-0.39, 0.29) is 12.4 Å². The van der Waals surface area contributed by atoms with E-state index in [1.54, 1.807) is 0 Å². The molecular formula is C11H13F3N2O2. The number of anilines is 1. The quantitative estimate of drug-likeness (QED) is 0.850. The van der Waals surface area contributed by atoms with Crippen LogP contribution < -0.4 is 10.2 Å². The molecule has 0 heterocycles. The maximum absolute atomic E-state index is 12.8. The number of carbonyl (C=O) groups is 1. The molecule has 0 bridgehead atoms. The largest absolute Gasteiger partial charge is 0.418 e. The Labute approximate surface area is 102 Å². The molecule has 1 aromatic carbocycles. The minimum Gasteiger partial charge on any atom is -0.364 e. The molecule has 4 nitrogen and oxygen atoms in total. The smallest absolute Gasteiger partial charge is 0.364 e. The molecule has 1 aromatic rings. The lowest BCUT2D eigenvalue weighted by Crippen LogP contribution is -2.40. The first-order chi connectivity index (χ1) is 8.41. The number of ether oxygens (including phenoxy) is 1. The summed E-state index contributed by atoms with van der Waals surface area (Å²) in [6.07, 6.45) is -4.53. The number of halogens is 3. The lowest BCUT2D eigenvalue weighted by atomic mass is 10.1. The lowest BCUT2D eigenvalue weighted by molar-refractivity contribution is -0.137. The Kier molecular flexibility index (Phi) is 4.55. The number of methoxy groups -OCH3 is 1. The van der Waals surface area contributed by atoms with Crippen LogP contribution in [-0.2, 0) is 10.9 Å². The number of urea groups is 1. The van der Waals surface area contributed by atoms with E-state index in [9.17, 15) is 18.0 Å². The summed E-state index contributed by atoms with van der Waals surface area (Å²) in [6.45, 7) is -0.271. The molecule has 1 N–H and O–H groups in total. The molecule has 0 spiro atoms. The summed E-state index contributed by atoms with van der Waals surface area (Å²) in [7, 11) is 2.63. The monoisotopic (exact) mass is 262 g/mol. The van der Waals surface area contributed by atoms with Gasteiger partial charge in [0.15, 0.2) is 0 Å². The Hall–Kier alpha value is -1.76. The highest BCUT2D eigenvalue weighted by atomic mass is 19.4. The SMILES string of the molecule is CNC(=O)N(COC)c1ccccc1C(F)(F)F. The predicted molar refractivity (Wildman–Crippen MR) is 60.3 cm³/mol. The first-order valence-electron chi connectivity index (χ1n) is 5.06. The molecule has 18 heavy (non-hydrogen) atoms. The van der Waals surface area contributed by atoms with Gasteiger partial charge in [0.25, 0.3) is 0 Å². The standard InChI is InChI=1S/C11H13F3N2O2/c1-15-10(17)16(7-18-2)9-6-4-3-5-8(9)11(12,13)14/h3-6H,7H2,1-2H3,(H,15,17). The minimum absolute atomic E-state index is 0.244. The molecule has 0 saturated heterocycles. The highest BCUT2D eigenvalue weighted by Gasteiger charge is 2.35. The highest BCUT2D eigenvalue weighted by molar-refractivity contribution is 5.92. The van der Waals surface area contributed by atoms with Gasteiger partial charge in [-0.1, -0.05) is 12.1 Å². The van der Waals surface area contributed by atoms with E-state index in [0.717, 1.165) is 11.0 Å². The first-order valence-corrected chi connectivity index (χ1v) is 5.06. The molecule has 0 unspecified atom stereocenters. The molecule has 0 saturated carbocycles. The van der Waals surface area contributed by atoms with Gasteiger partial charge in [0.05, 0.1) is 11.3 Å². The number of hydrogen-bond donors (Lipinski definition) is 1. The second kappa shape index (κ2) is 5.72. The Bertz CT molecular complexity index is 421. The molecule has 0 radical (unpaired) electrons. The van der Waals surface area contributed by atoms with E-state index < -0.39 is 17.8 Å². The van der Waals surface area contributed by atoms with Gasteiger partial charge in [0, 0.05) is 14.2 Å². The Balaban J connectivity index is 3.24. The molecule has 2 amide bonds. The average Bonchev–Trinajstić information content (AvgIpc) is 2.34. The van der Waals surface area contributed by atoms with Crippen molar-refractivity contribution in [3.63, 3.8) is 0 Å². The summed E-state index contributed by atoms with van der Waals surface area (Å²) in [4.78, 5) is 12.4. The van der Waals surface area contributed by atoms with Crippen LogP contribution in [0.25, 0.3) is 0 Å². The number of para-hydroxylation sites is 1. The minimum atomic E-state index is -4.53. The molecule has 0 aliphatic rings. The fraction of sp³-hybridized carbons (Fsp3) is 0.364. The average molecular weight is 262 g/mol. The summed E-state index contributed by atoms with van der Waals surface area (Å²) in [5.74, 6) is 0. The van der Waals surface area contributed by atoms with E-state index in [0.29, 0.717) is 0 Å². The van der Waals surface area contributed by atoms with E-state index in [2.05, 4.69) is 5.32 Å². The molecule has 7 heteroatoms. The van der Waals surface area contributed by atoms with Crippen molar-refractivity contribution in [3.8, 4) is 0 Å². The fourth-order valence-corrected chi connectivity index (χ4v) is 1.45. The zero-order chi connectivity index (χ0) is 13.8. The molecule has 0 aliphatic heterocycles. The van der Waals surface area contributed by atoms with Crippen LogP contribution in [0.4, 0.5) is 23.7 Å². The number of nitrogens with one attached hydrogen (secondary N) is 1. The normalized spacial score (nSPS) is 11.2. The third-order valence-corrected chi connectivity index (χ3v) is 2.22. The van der Waals surface area contributed by atoms with Crippen molar-refractivity contribution in [2.75, 3.05) is 25.8 Å². The van der Waals surface area contributed by atoms with Crippen molar-refractivity contribution in [2.24, 2.45) is 0 Å². The van der Waals surface area contributed by atoms with Crippen molar-refractivity contribution in [2.45, 2.75) is 6.18 Å². The van der Waals surface area contributed by atoms with Crippen LogP contribution in [0.1, 0.15) is 5.56 Å². The van der Waals surface area contributed by atoms with Gasteiger partial charge in [0.1, 0.15) is 6.73 Å². The van der Waals surface area contributed by atoms with E-state index >= 15 is 0 Å². The Morgan fingerprint density at radius 1 is 1.39 bits per heavy atom. The lowest BCUT2D eigenvalue weighted by Gasteiger charge is -2.24. The number of carbonyl (C=O) groups excluding carboxylic acids is 1. The molecule has 0 atom stereocenters. The fourth-order valence-electron chi connectivity index (χ4n) is 1.45. The molecule has 0 fully saturated rings. The third-order valence-electron chi connectivity index (χ3n) is 2.22. The maximum atomic E-state index is 12.8. The first kappa shape index (κ1) is 14.3. The zero-order valence-electron chi connectivity index (χ0n) is 9.91. The van der Waals surface area contributed by atoms with Crippen LogP contribution in [0.3, 0.4) is 0 Å². The van der Waals surface area contributed by atoms with Crippen LogP contribution in [0.15, 0.2) is 24.3 Å². The van der Waals surface area contributed by atoms with Gasteiger partial charge in [-0.2, -0.15) is 13.2 Å². The topological polar surface area (TPSA) is 41.6 Å². The number of rotatable bonds is 3. The van der Waals surface area contributed by atoms with Gasteiger partial charge >= 0.3 is 12.2 Å². The second-order valence-electron chi connectivity index (χ2n) is 3.42. The van der Waals surface area contributed by atoms with E-state index in [1.807, 2.05) is 0 Å². The van der Waals surface area contributed by atoms with Crippen molar-refractivity contribution in [1.82, 2.24) is 5.32 Å². The van der Waals surface area contributed by atoms with Gasteiger partial charge in [-0.05, 0) is 12.1 Å². The highest BCUT2D eigenvalue weighted by Crippen LogP contribution is 2.36.